The summed E-state index contributed by atoms with van der Waals surface area (Å²) in [6.45, 7) is 1.50. The first-order valence-corrected chi connectivity index (χ1v) is 9.03. The molecule has 0 aromatic carbocycles. The SMILES string of the molecule is O=C(NC1CCOCC1)N1C2CCC1CC(Oc1ccncc1)C2. The van der Waals surface area contributed by atoms with Crippen molar-refractivity contribution in [1.82, 2.24) is 15.2 Å². The molecule has 24 heavy (non-hydrogen) atoms. The normalized spacial score (nSPS) is 30.2. The van der Waals surface area contributed by atoms with Gasteiger partial charge < -0.3 is 19.7 Å². The van der Waals surface area contributed by atoms with Gasteiger partial charge in [-0.05, 0) is 37.8 Å². The van der Waals surface area contributed by atoms with E-state index in [1.165, 1.54) is 0 Å². The molecule has 2 unspecified atom stereocenters. The minimum Gasteiger partial charge on any atom is -0.490 e. The van der Waals surface area contributed by atoms with Crippen molar-refractivity contribution in [1.29, 1.82) is 0 Å². The topological polar surface area (TPSA) is 63.7 Å². The molecule has 3 aliphatic rings. The number of hydrogen-bond acceptors (Lipinski definition) is 4. The van der Waals surface area contributed by atoms with E-state index in [2.05, 4.69) is 15.2 Å². The average molecular weight is 331 g/mol. The molecule has 1 aromatic rings. The van der Waals surface area contributed by atoms with Crippen molar-refractivity contribution in [3.8, 4) is 5.75 Å². The fraction of sp³-hybridized carbons (Fsp3) is 0.667. The summed E-state index contributed by atoms with van der Waals surface area (Å²) in [4.78, 5) is 18.8. The van der Waals surface area contributed by atoms with Gasteiger partial charge >= 0.3 is 6.03 Å². The number of carbonyl (C=O) groups is 1. The van der Waals surface area contributed by atoms with Crippen LogP contribution in [-0.4, -0.2) is 53.4 Å². The van der Waals surface area contributed by atoms with Crippen molar-refractivity contribution in [2.75, 3.05) is 13.2 Å². The maximum Gasteiger partial charge on any atom is 0.318 e. The molecule has 3 fully saturated rings. The first-order valence-electron chi connectivity index (χ1n) is 9.03. The van der Waals surface area contributed by atoms with Gasteiger partial charge in [-0.3, -0.25) is 4.98 Å². The summed E-state index contributed by atoms with van der Waals surface area (Å²) in [5, 5.41) is 3.21. The molecule has 6 heteroatoms. The lowest BCUT2D eigenvalue weighted by Crippen LogP contribution is -2.55. The highest BCUT2D eigenvalue weighted by Crippen LogP contribution is 2.37. The minimum atomic E-state index is 0.108. The van der Waals surface area contributed by atoms with Crippen LogP contribution < -0.4 is 10.1 Å². The van der Waals surface area contributed by atoms with Crippen LogP contribution in [-0.2, 0) is 4.74 Å². The van der Waals surface area contributed by atoms with Crippen LogP contribution in [0.15, 0.2) is 24.5 Å². The van der Waals surface area contributed by atoms with Gasteiger partial charge in [0.1, 0.15) is 11.9 Å². The fourth-order valence-corrected chi connectivity index (χ4v) is 4.26. The van der Waals surface area contributed by atoms with E-state index in [0.717, 1.165) is 57.5 Å². The van der Waals surface area contributed by atoms with Gasteiger partial charge in [0.25, 0.3) is 0 Å². The highest BCUT2D eigenvalue weighted by atomic mass is 16.5. The second-order valence-corrected chi connectivity index (χ2v) is 7.02. The summed E-state index contributed by atoms with van der Waals surface area (Å²) in [7, 11) is 0. The number of ether oxygens (including phenoxy) is 2. The molecule has 0 saturated carbocycles. The lowest BCUT2D eigenvalue weighted by Gasteiger charge is -2.39. The maximum atomic E-state index is 12.7. The Bertz CT molecular complexity index is 548. The second-order valence-electron chi connectivity index (χ2n) is 7.02. The third-order valence-corrected chi connectivity index (χ3v) is 5.43. The molecule has 130 valence electrons. The molecule has 0 spiro atoms. The third-order valence-electron chi connectivity index (χ3n) is 5.43. The summed E-state index contributed by atoms with van der Waals surface area (Å²) >= 11 is 0. The van der Waals surface area contributed by atoms with Crippen molar-refractivity contribution < 1.29 is 14.3 Å². The van der Waals surface area contributed by atoms with Crippen LogP contribution in [0.25, 0.3) is 0 Å². The van der Waals surface area contributed by atoms with Crippen LogP contribution >= 0.6 is 0 Å². The van der Waals surface area contributed by atoms with Gasteiger partial charge in [-0.1, -0.05) is 0 Å². The zero-order chi connectivity index (χ0) is 16.4. The van der Waals surface area contributed by atoms with Crippen LogP contribution in [0.5, 0.6) is 5.75 Å². The van der Waals surface area contributed by atoms with E-state index in [1.807, 2.05) is 12.1 Å². The van der Waals surface area contributed by atoms with Gasteiger partial charge in [0.2, 0.25) is 0 Å². The molecule has 3 aliphatic heterocycles. The van der Waals surface area contributed by atoms with E-state index in [0.29, 0.717) is 12.1 Å². The van der Waals surface area contributed by atoms with Crippen LogP contribution in [0.4, 0.5) is 4.79 Å². The Labute approximate surface area is 142 Å². The molecule has 4 rings (SSSR count). The molecule has 2 atom stereocenters. The Kier molecular flexibility index (Phi) is 4.56. The number of hydrogen-bond donors (Lipinski definition) is 1. The molecular formula is C18H25N3O3. The second kappa shape index (κ2) is 6.97. The molecule has 2 amide bonds. The number of aromatic nitrogens is 1. The zero-order valence-corrected chi connectivity index (χ0v) is 13.9. The van der Waals surface area contributed by atoms with Crippen molar-refractivity contribution >= 4 is 6.03 Å². The van der Waals surface area contributed by atoms with E-state index in [-0.39, 0.29) is 18.2 Å². The fourth-order valence-electron chi connectivity index (χ4n) is 4.26. The smallest absolute Gasteiger partial charge is 0.318 e. The number of urea groups is 1. The number of pyridine rings is 1. The summed E-state index contributed by atoms with van der Waals surface area (Å²) in [5.74, 6) is 0.870. The van der Waals surface area contributed by atoms with Gasteiger partial charge in [-0.15, -0.1) is 0 Å². The molecule has 0 aliphatic carbocycles. The number of nitrogens with zero attached hydrogens (tertiary/aromatic N) is 2. The predicted octanol–water partition coefficient (Wildman–Crippen LogP) is 2.34. The standard InChI is InChI=1S/C18H25N3O3/c22-18(20-13-5-9-23-10-6-13)21-14-1-2-15(21)12-17(11-14)24-16-3-7-19-8-4-16/h3-4,7-8,13-15,17H,1-2,5-6,9-12H2,(H,20,22). The van der Waals surface area contributed by atoms with E-state index < -0.39 is 0 Å². The van der Waals surface area contributed by atoms with Crippen LogP contribution in [0.1, 0.15) is 38.5 Å². The molecule has 4 heterocycles. The number of nitrogens with one attached hydrogen (secondary N) is 1. The zero-order valence-electron chi connectivity index (χ0n) is 13.9. The van der Waals surface area contributed by atoms with Gasteiger partial charge in [0.05, 0.1) is 0 Å². The largest absolute Gasteiger partial charge is 0.490 e. The first-order chi connectivity index (χ1) is 11.8. The average Bonchev–Trinajstić information content (AvgIpc) is 2.88. The lowest BCUT2D eigenvalue weighted by molar-refractivity contribution is 0.0584. The quantitative estimate of drug-likeness (QED) is 0.923. The predicted molar refractivity (Wildman–Crippen MR) is 88.9 cm³/mol. The summed E-state index contributed by atoms with van der Waals surface area (Å²) in [5.41, 5.74) is 0. The Hall–Kier alpha value is -1.82. The highest BCUT2D eigenvalue weighted by molar-refractivity contribution is 5.75. The summed E-state index contributed by atoms with van der Waals surface area (Å²) in [6, 6.07) is 4.76. The van der Waals surface area contributed by atoms with Gasteiger partial charge in [0, 0.05) is 56.6 Å². The highest BCUT2D eigenvalue weighted by Gasteiger charge is 2.44. The monoisotopic (exact) mass is 331 g/mol. The maximum absolute atomic E-state index is 12.7. The first kappa shape index (κ1) is 15.7. The lowest BCUT2D eigenvalue weighted by atomic mass is 10.00. The van der Waals surface area contributed by atoms with Crippen molar-refractivity contribution in [3.05, 3.63) is 24.5 Å². The molecule has 1 aromatic heterocycles. The summed E-state index contributed by atoms with van der Waals surface area (Å²) < 4.78 is 11.5. The van der Waals surface area contributed by atoms with Crippen molar-refractivity contribution in [2.45, 2.75) is 62.8 Å². The number of carbonyl (C=O) groups excluding carboxylic acids is 1. The number of rotatable bonds is 3. The molecule has 2 bridgehead atoms. The number of fused-ring (bicyclic) bond motifs is 2. The van der Waals surface area contributed by atoms with E-state index in [9.17, 15) is 4.79 Å². The van der Waals surface area contributed by atoms with Crippen molar-refractivity contribution in [3.63, 3.8) is 0 Å². The number of amides is 2. The van der Waals surface area contributed by atoms with Crippen LogP contribution in [0.3, 0.4) is 0 Å². The van der Waals surface area contributed by atoms with Crippen LogP contribution in [0.2, 0.25) is 0 Å². The Morgan fingerprint density at radius 1 is 1.12 bits per heavy atom. The van der Waals surface area contributed by atoms with Crippen molar-refractivity contribution in [2.24, 2.45) is 0 Å². The number of piperidine rings is 1. The Morgan fingerprint density at radius 2 is 1.79 bits per heavy atom. The summed E-state index contributed by atoms with van der Waals surface area (Å²) in [6.07, 6.45) is 9.54. The van der Waals surface area contributed by atoms with Crippen LogP contribution in [0, 0.1) is 0 Å². The molecular weight excluding hydrogens is 306 g/mol. The van der Waals surface area contributed by atoms with Gasteiger partial charge in [-0.2, -0.15) is 0 Å². The Balaban J connectivity index is 1.35. The molecule has 3 saturated heterocycles. The molecule has 1 N–H and O–H groups in total. The Morgan fingerprint density at radius 3 is 2.46 bits per heavy atom. The van der Waals surface area contributed by atoms with Gasteiger partial charge in [0.15, 0.2) is 0 Å². The molecule has 6 nitrogen and oxygen atoms in total. The van der Waals surface area contributed by atoms with E-state index in [4.69, 9.17) is 9.47 Å². The van der Waals surface area contributed by atoms with E-state index in [1.54, 1.807) is 12.4 Å². The van der Waals surface area contributed by atoms with Gasteiger partial charge in [-0.25, -0.2) is 4.79 Å². The molecule has 0 radical (unpaired) electrons. The third kappa shape index (κ3) is 3.34. The van der Waals surface area contributed by atoms with E-state index >= 15 is 0 Å². The minimum absolute atomic E-state index is 0.108.